The van der Waals surface area contributed by atoms with Crippen LogP contribution in [0.5, 0.6) is 0 Å². The highest BCUT2D eigenvalue weighted by Crippen LogP contribution is 2.26. The molecular formula is C16H19N3O2S2. The van der Waals surface area contributed by atoms with E-state index in [0.29, 0.717) is 5.69 Å². The molecule has 0 saturated carbocycles. The van der Waals surface area contributed by atoms with Crippen molar-refractivity contribution >= 4 is 40.6 Å². The minimum absolute atomic E-state index is 0.125. The molecule has 5 nitrogen and oxygen atoms in total. The van der Waals surface area contributed by atoms with E-state index in [4.69, 9.17) is 5.73 Å². The maximum absolute atomic E-state index is 12.1. The summed E-state index contributed by atoms with van der Waals surface area (Å²) in [6.07, 6.45) is 0. The molecule has 1 aromatic carbocycles. The minimum Gasteiger partial charge on any atom is -0.369 e. The first-order chi connectivity index (χ1) is 11.1. The van der Waals surface area contributed by atoms with E-state index < -0.39 is 0 Å². The number of rotatable bonds is 8. The maximum atomic E-state index is 12.1. The number of carbonyl (C=O) groups excluding carboxylic acids is 2. The molecule has 23 heavy (non-hydrogen) atoms. The molecule has 2 rings (SSSR count). The van der Waals surface area contributed by atoms with E-state index in [2.05, 4.69) is 10.6 Å². The Hall–Kier alpha value is -1.83. The summed E-state index contributed by atoms with van der Waals surface area (Å²) in [5.41, 5.74) is 5.85. The van der Waals surface area contributed by atoms with Crippen molar-refractivity contribution in [2.45, 2.75) is 17.9 Å². The van der Waals surface area contributed by atoms with Crippen LogP contribution >= 0.6 is 23.1 Å². The van der Waals surface area contributed by atoms with E-state index in [9.17, 15) is 9.59 Å². The summed E-state index contributed by atoms with van der Waals surface area (Å²) < 4.78 is 0. The molecule has 1 heterocycles. The average molecular weight is 349 g/mol. The number of nitrogens with one attached hydrogen (secondary N) is 2. The van der Waals surface area contributed by atoms with E-state index in [1.807, 2.05) is 48.7 Å². The van der Waals surface area contributed by atoms with Gasteiger partial charge in [-0.1, -0.05) is 18.2 Å². The summed E-state index contributed by atoms with van der Waals surface area (Å²) in [6.45, 7) is 2.24. The van der Waals surface area contributed by atoms with Crippen molar-refractivity contribution in [1.82, 2.24) is 5.32 Å². The van der Waals surface area contributed by atoms with Gasteiger partial charge in [-0.15, -0.1) is 23.1 Å². The Morgan fingerprint density at radius 2 is 2.04 bits per heavy atom. The van der Waals surface area contributed by atoms with Gasteiger partial charge in [0.15, 0.2) is 0 Å². The topological polar surface area (TPSA) is 84.2 Å². The molecule has 0 saturated heterocycles. The van der Waals surface area contributed by atoms with Gasteiger partial charge in [-0.25, -0.2) is 0 Å². The van der Waals surface area contributed by atoms with Crippen LogP contribution in [0.3, 0.4) is 0 Å². The fourth-order valence-corrected chi connectivity index (χ4v) is 3.43. The van der Waals surface area contributed by atoms with Crippen molar-refractivity contribution in [1.29, 1.82) is 0 Å². The van der Waals surface area contributed by atoms with Crippen LogP contribution in [0.25, 0.3) is 0 Å². The fraction of sp³-hybridized carbons (Fsp3) is 0.250. The van der Waals surface area contributed by atoms with E-state index in [1.165, 1.54) is 16.6 Å². The van der Waals surface area contributed by atoms with Gasteiger partial charge in [0.25, 0.3) is 0 Å². The van der Waals surface area contributed by atoms with Crippen LogP contribution in [0.1, 0.15) is 17.8 Å². The highest BCUT2D eigenvalue weighted by Gasteiger charge is 2.11. The predicted octanol–water partition coefficient (Wildman–Crippen LogP) is 2.61. The summed E-state index contributed by atoms with van der Waals surface area (Å²) in [7, 11) is 0. The van der Waals surface area contributed by atoms with Crippen molar-refractivity contribution < 1.29 is 9.59 Å². The number of carbonyl (C=O) groups is 2. The molecule has 4 N–H and O–H groups in total. The molecule has 2 aromatic rings. The lowest BCUT2D eigenvalue weighted by atomic mass is 10.2. The molecule has 1 aromatic heterocycles. The molecule has 0 aliphatic carbocycles. The average Bonchev–Trinajstić information content (AvgIpc) is 3.06. The SMILES string of the molecule is C[C@@H](NCC(=O)Nc1ccccc1SCC(N)=O)c1cccs1. The first-order valence-corrected chi connectivity index (χ1v) is 8.99. The Morgan fingerprint density at radius 1 is 1.26 bits per heavy atom. The lowest BCUT2D eigenvalue weighted by molar-refractivity contribution is -0.116. The number of primary amides is 1. The highest BCUT2D eigenvalue weighted by atomic mass is 32.2. The third-order valence-electron chi connectivity index (χ3n) is 3.07. The first kappa shape index (κ1) is 17.5. The summed E-state index contributed by atoms with van der Waals surface area (Å²) in [6, 6.07) is 11.5. The molecule has 2 amide bonds. The number of benzene rings is 1. The monoisotopic (exact) mass is 349 g/mol. The maximum Gasteiger partial charge on any atom is 0.238 e. The van der Waals surface area contributed by atoms with Crippen molar-refractivity contribution in [3.63, 3.8) is 0 Å². The molecule has 0 spiro atoms. The zero-order chi connectivity index (χ0) is 16.7. The van der Waals surface area contributed by atoms with Crippen LogP contribution in [0.4, 0.5) is 5.69 Å². The van der Waals surface area contributed by atoms with Crippen molar-refractivity contribution in [3.05, 3.63) is 46.7 Å². The number of anilines is 1. The van der Waals surface area contributed by atoms with E-state index >= 15 is 0 Å². The smallest absolute Gasteiger partial charge is 0.238 e. The van der Waals surface area contributed by atoms with Gasteiger partial charge in [-0.2, -0.15) is 0 Å². The lowest BCUT2D eigenvalue weighted by Crippen LogP contribution is -2.30. The quantitative estimate of drug-likeness (QED) is 0.640. The molecule has 0 unspecified atom stereocenters. The molecular weight excluding hydrogens is 330 g/mol. The van der Waals surface area contributed by atoms with Crippen LogP contribution in [0, 0.1) is 0 Å². The number of nitrogens with two attached hydrogens (primary N) is 1. The highest BCUT2D eigenvalue weighted by molar-refractivity contribution is 8.00. The standard InChI is InChI=1S/C16H19N3O2S2/c1-11(13-7-4-8-22-13)18-9-16(21)19-12-5-2-3-6-14(12)23-10-15(17)20/h2-8,11,18H,9-10H2,1H3,(H2,17,20)(H,19,21)/t11-/m1/s1. The largest absolute Gasteiger partial charge is 0.369 e. The molecule has 0 radical (unpaired) electrons. The molecule has 0 aliphatic rings. The number of thiophene rings is 1. The van der Waals surface area contributed by atoms with Crippen LogP contribution < -0.4 is 16.4 Å². The van der Waals surface area contributed by atoms with Gasteiger partial charge in [0, 0.05) is 15.8 Å². The van der Waals surface area contributed by atoms with Crippen LogP contribution in [-0.4, -0.2) is 24.1 Å². The Labute approximate surface area is 143 Å². The second-order valence-electron chi connectivity index (χ2n) is 4.92. The van der Waals surface area contributed by atoms with E-state index in [0.717, 1.165) is 4.90 Å². The number of hydrogen-bond acceptors (Lipinski definition) is 5. The van der Waals surface area contributed by atoms with Gasteiger partial charge in [-0.3, -0.25) is 9.59 Å². The number of hydrogen-bond donors (Lipinski definition) is 3. The van der Waals surface area contributed by atoms with Crippen LogP contribution in [0.15, 0.2) is 46.7 Å². The number of para-hydroxylation sites is 1. The van der Waals surface area contributed by atoms with Gasteiger partial charge in [-0.05, 0) is 30.5 Å². The molecule has 0 bridgehead atoms. The summed E-state index contributed by atoms with van der Waals surface area (Å²) in [5, 5.41) is 8.07. The first-order valence-electron chi connectivity index (χ1n) is 7.13. The molecule has 0 fully saturated rings. The zero-order valence-electron chi connectivity index (χ0n) is 12.7. The summed E-state index contributed by atoms with van der Waals surface area (Å²) in [5.74, 6) is -0.330. The van der Waals surface area contributed by atoms with E-state index in [-0.39, 0.29) is 30.2 Å². The van der Waals surface area contributed by atoms with Crippen molar-refractivity contribution in [2.24, 2.45) is 5.73 Å². The van der Waals surface area contributed by atoms with Crippen LogP contribution in [0.2, 0.25) is 0 Å². The fourth-order valence-electron chi connectivity index (χ4n) is 1.92. The second-order valence-corrected chi connectivity index (χ2v) is 6.91. The summed E-state index contributed by atoms with van der Waals surface area (Å²) in [4.78, 5) is 25.0. The van der Waals surface area contributed by atoms with Gasteiger partial charge in [0.1, 0.15) is 0 Å². The van der Waals surface area contributed by atoms with Gasteiger partial charge >= 0.3 is 0 Å². The predicted molar refractivity (Wildman–Crippen MR) is 95.7 cm³/mol. The molecule has 0 aliphatic heterocycles. The Balaban J connectivity index is 1.88. The molecule has 122 valence electrons. The third kappa shape index (κ3) is 5.70. The number of amides is 2. The Bertz CT molecular complexity index is 659. The lowest BCUT2D eigenvalue weighted by Gasteiger charge is -2.13. The minimum atomic E-state index is -0.387. The normalized spacial score (nSPS) is 11.9. The van der Waals surface area contributed by atoms with Crippen molar-refractivity contribution in [3.8, 4) is 0 Å². The van der Waals surface area contributed by atoms with Crippen molar-refractivity contribution in [2.75, 3.05) is 17.6 Å². The van der Waals surface area contributed by atoms with Gasteiger partial charge in [0.2, 0.25) is 11.8 Å². The second kappa shape index (κ2) is 8.71. The molecule has 1 atom stereocenters. The van der Waals surface area contributed by atoms with Crippen LogP contribution in [-0.2, 0) is 9.59 Å². The zero-order valence-corrected chi connectivity index (χ0v) is 14.4. The van der Waals surface area contributed by atoms with E-state index in [1.54, 1.807) is 11.3 Å². The Morgan fingerprint density at radius 3 is 2.74 bits per heavy atom. The Kier molecular flexibility index (Phi) is 6.64. The van der Waals surface area contributed by atoms with Gasteiger partial charge < -0.3 is 16.4 Å². The van der Waals surface area contributed by atoms with Gasteiger partial charge in [0.05, 0.1) is 18.0 Å². The number of thioether (sulfide) groups is 1. The summed E-state index contributed by atoms with van der Waals surface area (Å²) >= 11 is 2.97. The third-order valence-corrected chi connectivity index (χ3v) is 5.22. The molecule has 7 heteroatoms.